The van der Waals surface area contributed by atoms with Gasteiger partial charge in [-0.1, -0.05) is 35.4 Å². The molecule has 0 fully saturated rings. The first-order valence-corrected chi connectivity index (χ1v) is 5.03. The molecule has 0 spiro atoms. The summed E-state index contributed by atoms with van der Waals surface area (Å²) in [5.74, 6) is -0.549. The molecule has 1 rings (SSSR count). The van der Waals surface area contributed by atoms with Crippen LogP contribution in [0.25, 0.3) is 10.4 Å². The number of carbonyl (C=O) groups excluding carboxylic acids is 1. The number of methoxy groups -OCH3 is 1. The first-order valence-electron chi connectivity index (χ1n) is 5.03. The number of aliphatic hydroxyl groups excluding tert-OH is 1. The minimum atomic E-state index is -1.10. The zero-order valence-corrected chi connectivity index (χ0v) is 9.35. The molecule has 0 heterocycles. The van der Waals surface area contributed by atoms with Crippen LogP contribution < -0.4 is 0 Å². The van der Waals surface area contributed by atoms with Gasteiger partial charge in [0.15, 0.2) is 0 Å². The Bertz CT molecular complexity index is 415. The van der Waals surface area contributed by atoms with Crippen LogP contribution in [0, 0.1) is 0 Å². The van der Waals surface area contributed by atoms with E-state index in [-0.39, 0.29) is 6.42 Å². The van der Waals surface area contributed by atoms with Crippen molar-refractivity contribution >= 4 is 5.97 Å². The van der Waals surface area contributed by atoms with Crippen molar-refractivity contribution < 1.29 is 14.6 Å². The lowest BCUT2D eigenvalue weighted by Gasteiger charge is -2.17. The summed E-state index contributed by atoms with van der Waals surface area (Å²) in [6, 6.07) is 7.99. The van der Waals surface area contributed by atoms with Gasteiger partial charge in [-0.15, -0.1) is 0 Å². The fourth-order valence-corrected chi connectivity index (χ4v) is 1.44. The molecule has 0 aliphatic carbocycles. The van der Waals surface area contributed by atoms with Crippen LogP contribution in [-0.2, 0) is 9.53 Å². The highest BCUT2D eigenvalue weighted by molar-refractivity contribution is 5.69. The maximum atomic E-state index is 11.0. The van der Waals surface area contributed by atoms with Crippen LogP contribution in [0.4, 0.5) is 0 Å². The van der Waals surface area contributed by atoms with Gasteiger partial charge in [0.25, 0.3) is 0 Å². The summed E-state index contributed by atoms with van der Waals surface area (Å²) < 4.78 is 4.45. The number of hydrogen-bond donors (Lipinski definition) is 1. The monoisotopic (exact) mass is 235 g/mol. The summed E-state index contributed by atoms with van der Waals surface area (Å²) in [6.45, 7) is 0. The third-order valence-corrected chi connectivity index (χ3v) is 2.29. The van der Waals surface area contributed by atoms with Crippen molar-refractivity contribution in [3.05, 3.63) is 46.3 Å². The van der Waals surface area contributed by atoms with Gasteiger partial charge < -0.3 is 9.84 Å². The Morgan fingerprint density at radius 3 is 2.71 bits per heavy atom. The van der Waals surface area contributed by atoms with Crippen molar-refractivity contribution in [2.45, 2.75) is 18.6 Å². The van der Waals surface area contributed by atoms with Gasteiger partial charge in [-0.25, -0.2) is 0 Å². The molecule has 90 valence electrons. The normalized spacial score (nSPS) is 13.3. The lowest BCUT2D eigenvalue weighted by molar-refractivity contribution is -0.143. The standard InChI is InChI=1S/C11H13N3O3/c1-17-10(16)7-9(15)11(13-14-12)8-5-3-2-4-6-8/h2-6,9,11,15H,7H2,1H3/t9-,11-/m1/s1. The molecular weight excluding hydrogens is 222 g/mol. The fraction of sp³-hybridized carbons (Fsp3) is 0.364. The van der Waals surface area contributed by atoms with E-state index in [2.05, 4.69) is 14.8 Å². The second kappa shape index (κ2) is 6.52. The molecular formula is C11H13N3O3. The van der Waals surface area contributed by atoms with E-state index in [1.807, 2.05) is 6.07 Å². The molecule has 0 aromatic heterocycles. The fourth-order valence-electron chi connectivity index (χ4n) is 1.44. The quantitative estimate of drug-likeness (QED) is 0.365. The molecule has 0 saturated carbocycles. The summed E-state index contributed by atoms with van der Waals surface area (Å²) in [5.41, 5.74) is 9.12. The lowest BCUT2D eigenvalue weighted by atomic mass is 10.0. The summed E-state index contributed by atoms with van der Waals surface area (Å²) >= 11 is 0. The Labute approximate surface area is 98.5 Å². The second-order valence-corrected chi connectivity index (χ2v) is 3.41. The largest absolute Gasteiger partial charge is 0.469 e. The summed E-state index contributed by atoms with van der Waals surface area (Å²) in [6.07, 6.45) is -1.31. The number of ether oxygens (including phenoxy) is 1. The molecule has 0 unspecified atom stereocenters. The smallest absolute Gasteiger partial charge is 0.308 e. The minimum absolute atomic E-state index is 0.213. The highest BCUT2D eigenvalue weighted by Crippen LogP contribution is 2.23. The number of hydrogen-bond acceptors (Lipinski definition) is 4. The van der Waals surface area contributed by atoms with Crippen LogP contribution in [-0.4, -0.2) is 24.3 Å². The van der Waals surface area contributed by atoms with E-state index in [1.54, 1.807) is 24.3 Å². The van der Waals surface area contributed by atoms with Crippen molar-refractivity contribution in [3.8, 4) is 0 Å². The Hall–Kier alpha value is -2.04. The summed E-state index contributed by atoms with van der Waals surface area (Å²) in [7, 11) is 1.24. The molecule has 0 aliphatic rings. The van der Waals surface area contributed by atoms with E-state index in [0.29, 0.717) is 5.56 Å². The van der Waals surface area contributed by atoms with Crippen molar-refractivity contribution in [1.82, 2.24) is 0 Å². The van der Waals surface area contributed by atoms with Crippen LogP contribution in [0.2, 0.25) is 0 Å². The van der Waals surface area contributed by atoms with Crippen molar-refractivity contribution in [2.75, 3.05) is 7.11 Å². The van der Waals surface area contributed by atoms with Crippen LogP contribution in [0.5, 0.6) is 0 Å². The highest BCUT2D eigenvalue weighted by atomic mass is 16.5. The molecule has 0 aliphatic heterocycles. The van der Waals surface area contributed by atoms with E-state index < -0.39 is 18.1 Å². The molecule has 1 N–H and O–H groups in total. The average Bonchev–Trinajstić information content (AvgIpc) is 2.36. The summed E-state index contributed by atoms with van der Waals surface area (Å²) in [5, 5.41) is 13.3. The Morgan fingerprint density at radius 2 is 2.18 bits per heavy atom. The van der Waals surface area contributed by atoms with Gasteiger partial charge in [-0.05, 0) is 11.1 Å². The van der Waals surface area contributed by atoms with Crippen LogP contribution in [0.1, 0.15) is 18.0 Å². The van der Waals surface area contributed by atoms with Crippen LogP contribution in [0.3, 0.4) is 0 Å². The molecule has 17 heavy (non-hydrogen) atoms. The van der Waals surface area contributed by atoms with E-state index in [0.717, 1.165) is 0 Å². The number of benzene rings is 1. The third kappa shape index (κ3) is 3.79. The van der Waals surface area contributed by atoms with Gasteiger partial charge >= 0.3 is 5.97 Å². The Kier molecular flexibility index (Phi) is 5.00. The molecule has 0 radical (unpaired) electrons. The Morgan fingerprint density at radius 1 is 1.53 bits per heavy atom. The molecule has 6 nitrogen and oxygen atoms in total. The van der Waals surface area contributed by atoms with E-state index >= 15 is 0 Å². The van der Waals surface area contributed by atoms with Gasteiger partial charge in [0.05, 0.1) is 25.7 Å². The zero-order chi connectivity index (χ0) is 12.7. The lowest BCUT2D eigenvalue weighted by Crippen LogP contribution is -2.21. The number of aliphatic hydroxyl groups is 1. The van der Waals surface area contributed by atoms with Gasteiger partial charge in [-0.3, -0.25) is 4.79 Å². The maximum absolute atomic E-state index is 11.0. The number of azide groups is 1. The maximum Gasteiger partial charge on any atom is 0.308 e. The van der Waals surface area contributed by atoms with Gasteiger partial charge in [0.2, 0.25) is 0 Å². The van der Waals surface area contributed by atoms with E-state index in [9.17, 15) is 9.90 Å². The molecule has 6 heteroatoms. The van der Waals surface area contributed by atoms with Crippen molar-refractivity contribution in [3.63, 3.8) is 0 Å². The first kappa shape index (κ1) is 13.0. The third-order valence-electron chi connectivity index (χ3n) is 2.29. The SMILES string of the molecule is COC(=O)C[C@@H](O)[C@H](N=[N+]=[N-])c1ccccc1. The predicted octanol–water partition coefficient (Wildman–Crippen LogP) is 1.96. The Balaban J connectivity index is 2.86. The number of rotatable bonds is 5. The van der Waals surface area contributed by atoms with Crippen LogP contribution >= 0.6 is 0 Å². The second-order valence-electron chi connectivity index (χ2n) is 3.41. The minimum Gasteiger partial charge on any atom is -0.469 e. The topological polar surface area (TPSA) is 95.3 Å². The predicted molar refractivity (Wildman–Crippen MR) is 61.0 cm³/mol. The first-order chi connectivity index (χ1) is 8.19. The van der Waals surface area contributed by atoms with E-state index in [1.165, 1.54) is 7.11 Å². The molecule has 1 aromatic carbocycles. The average molecular weight is 235 g/mol. The number of nitrogens with zero attached hydrogens (tertiary/aromatic N) is 3. The molecule has 0 amide bonds. The van der Waals surface area contributed by atoms with Gasteiger partial charge in [-0.2, -0.15) is 0 Å². The van der Waals surface area contributed by atoms with E-state index in [4.69, 9.17) is 5.53 Å². The number of carbonyl (C=O) groups is 1. The van der Waals surface area contributed by atoms with Gasteiger partial charge in [0.1, 0.15) is 0 Å². The molecule has 0 bridgehead atoms. The van der Waals surface area contributed by atoms with Gasteiger partial charge in [0, 0.05) is 4.91 Å². The molecule has 2 atom stereocenters. The zero-order valence-electron chi connectivity index (χ0n) is 9.35. The highest BCUT2D eigenvalue weighted by Gasteiger charge is 2.22. The number of esters is 1. The van der Waals surface area contributed by atoms with Crippen LogP contribution in [0.15, 0.2) is 35.4 Å². The summed E-state index contributed by atoms with van der Waals surface area (Å²) in [4.78, 5) is 13.7. The molecule has 1 aromatic rings. The molecule has 0 saturated heterocycles. The van der Waals surface area contributed by atoms with Crippen molar-refractivity contribution in [1.29, 1.82) is 0 Å². The van der Waals surface area contributed by atoms with Crippen molar-refractivity contribution in [2.24, 2.45) is 5.11 Å².